The summed E-state index contributed by atoms with van der Waals surface area (Å²) >= 11 is 0. The Kier molecular flexibility index (Phi) is 3.19. The molecule has 86 valence electrons. The van der Waals surface area contributed by atoms with Crippen LogP contribution >= 0.6 is 0 Å². The number of rotatable bonds is 3. The molecule has 3 N–H and O–H groups in total. The average molecular weight is 221 g/mol. The highest BCUT2D eigenvalue weighted by molar-refractivity contribution is 5.84. The Hall–Kier alpha value is -1.85. The number of piperidine rings is 1. The Morgan fingerprint density at radius 2 is 2.44 bits per heavy atom. The molecule has 1 saturated heterocycles. The van der Waals surface area contributed by atoms with Gasteiger partial charge in [0.1, 0.15) is 11.9 Å². The van der Waals surface area contributed by atoms with Gasteiger partial charge in [0.05, 0.1) is 0 Å². The highest BCUT2D eigenvalue weighted by Gasteiger charge is 2.21. The molecule has 1 atom stereocenters. The second kappa shape index (κ2) is 4.78. The van der Waals surface area contributed by atoms with Crippen molar-refractivity contribution in [1.82, 2.24) is 15.3 Å². The first-order chi connectivity index (χ1) is 7.79. The number of hydrogen-bond acceptors (Lipinski definition) is 5. The highest BCUT2D eigenvalue weighted by Crippen LogP contribution is 2.11. The Bertz CT molecular complexity index is 381. The summed E-state index contributed by atoms with van der Waals surface area (Å²) in [6.07, 6.45) is 3.49. The number of nitrogens with one attached hydrogen (secondary N) is 3. The van der Waals surface area contributed by atoms with Gasteiger partial charge >= 0.3 is 0 Å². The second-order valence-corrected chi connectivity index (χ2v) is 3.65. The molecule has 0 spiro atoms. The first-order valence-electron chi connectivity index (χ1n) is 5.34. The number of amides is 1. The topological polar surface area (TPSA) is 78.9 Å². The molecule has 1 aromatic heterocycles. The van der Waals surface area contributed by atoms with Crippen molar-refractivity contribution in [3.8, 4) is 0 Å². The number of carbonyl (C=O) groups is 1. The van der Waals surface area contributed by atoms with Crippen LogP contribution in [0.25, 0.3) is 0 Å². The van der Waals surface area contributed by atoms with Gasteiger partial charge in [0.2, 0.25) is 11.9 Å². The minimum absolute atomic E-state index is 0.0378. The van der Waals surface area contributed by atoms with E-state index in [1.165, 1.54) is 0 Å². The van der Waals surface area contributed by atoms with Crippen LogP contribution < -0.4 is 16.0 Å². The molecule has 0 radical (unpaired) electrons. The van der Waals surface area contributed by atoms with Crippen LogP contribution in [0.1, 0.15) is 12.8 Å². The van der Waals surface area contributed by atoms with Gasteiger partial charge in [-0.25, -0.2) is 4.98 Å². The lowest BCUT2D eigenvalue weighted by molar-refractivity contribution is -0.123. The fraction of sp³-hybridized carbons (Fsp3) is 0.500. The normalized spacial score (nSPS) is 20.1. The summed E-state index contributed by atoms with van der Waals surface area (Å²) < 4.78 is 0. The van der Waals surface area contributed by atoms with Crippen molar-refractivity contribution in [1.29, 1.82) is 0 Å². The van der Waals surface area contributed by atoms with E-state index in [0.29, 0.717) is 11.8 Å². The van der Waals surface area contributed by atoms with Crippen molar-refractivity contribution >= 4 is 17.7 Å². The highest BCUT2D eigenvalue weighted by atomic mass is 16.2. The number of nitrogens with zero attached hydrogens (tertiary/aromatic N) is 2. The molecule has 0 bridgehead atoms. The average Bonchev–Trinajstić information content (AvgIpc) is 2.32. The van der Waals surface area contributed by atoms with Gasteiger partial charge in [0.15, 0.2) is 0 Å². The van der Waals surface area contributed by atoms with Gasteiger partial charge in [-0.15, -0.1) is 0 Å². The van der Waals surface area contributed by atoms with Crippen LogP contribution in [0.4, 0.5) is 11.8 Å². The fourth-order valence-electron chi connectivity index (χ4n) is 1.65. The Balaban J connectivity index is 2.04. The number of hydrogen-bond donors (Lipinski definition) is 3. The van der Waals surface area contributed by atoms with Crippen molar-refractivity contribution in [3.05, 3.63) is 12.3 Å². The zero-order valence-corrected chi connectivity index (χ0v) is 9.16. The molecular weight excluding hydrogens is 206 g/mol. The van der Waals surface area contributed by atoms with Gasteiger partial charge in [-0.2, -0.15) is 4.98 Å². The van der Waals surface area contributed by atoms with Crippen LogP contribution in [0.2, 0.25) is 0 Å². The maximum Gasteiger partial charge on any atom is 0.242 e. The molecule has 0 saturated carbocycles. The molecule has 1 fully saturated rings. The first-order valence-corrected chi connectivity index (χ1v) is 5.34. The van der Waals surface area contributed by atoms with Crippen LogP contribution in [0.3, 0.4) is 0 Å². The largest absolute Gasteiger partial charge is 0.358 e. The van der Waals surface area contributed by atoms with Crippen LogP contribution in [-0.4, -0.2) is 35.5 Å². The van der Waals surface area contributed by atoms with Crippen LogP contribution in [-0.2, 0) is 4.79 Å². The maximum atomic E-state index is 11.5. The van der Waals surface area contributed by atoms with Gasteiger partial charge in [-0.3, -0.25) is 4.79 Å². The van der Waals surface area contributed by atoms with E-state index < -0.39 is 0 Å². The van der Waals surface area contributed by atoms with Crippen molar-refractivity contribution in [2.45, 2.75) is 18.9 Å². The molecule has 2 heterocycles. The molecule has 1 amide bonds. The van der Waals surface area contributed by atoms with Gasteiger partial charge in [0, 0.05) is 19.8 Å². The van der Waals surface area contributed by atoms with Gasteiger partial charge < -0.3 is 16.0 Å². The van der Waals surface area contributed by atoms with Crippen molar-refractivity contribution in [2.75, 3.05) is 24.2 Å². The minimum Gasteiger partial charge on any atom is -0.358 e. The van der Waals surface area contributed by atoms with E-state index in [9.17, 15) is 4.79 Å². The molecule has 1 unspecified atom stereocenters. The fourth-order valence-corrected chi connectivity index (χ4v) is 1.65. The predicted octanol–water partition coefficient (Wildman–Crippen LogP) is 0.209. The molecule has 6 heteroatoms. The molecule has 6 nitrogen and oxygen atoms in total. The molecule has 16 heavy (non-hydrogen) atoms. The Morgan fingerprint density at radius 1 is 1.56 bits per heavy atom. The molecule has 1 aliphatic heterocycles. The molecule has 0 aromatic carbocycles. The monoisotopic (exact) mass is 221 g/mol. The van der Waals surface area contributed by atoms with Crippen molar-refractivity contribution in [2.24, 2.45) is 0 Å². The molecular formula is C10H15N5O. The number of aromatic nitrogens is 2. The van der Waals surface area contributed by atoms with E-state index in [0.717, 1.165) is 19.4 Å². The van der Waals surface area contributed by atoms with Crippen LogP contribution in [0.5, 0.6) is 0 Å². The second-order valence-electron chi connectivity index (χ2n) is 3.65. The van der Waals surface area contributed by atoms with Gasteiger partial charge in [0.25, 0.3) is 0 Å². The summed E-state index contributed by atoms with van der Waals surface area (Å²) in [7, 11) is 1.76. The lowest BCUT2D eigenvalue weighted by Crippen LogP contribution is -2.44. The van der Waals surface area contributed by atoms with E-state index in [1.54, 1.807) is 19.3 Å². The standard InChI is InChI=1S/C10H15N5O/c1-11-10-13-6-4-8(15-10)14-7-3-2-5-12-9(7)16/h4,6-7H,2-3,5H2,1H3,(H,12,16)(H2,11,13,14,15). The van der Waals surface area contributed by atoms with Crippen molar-refractivity contribution in [3.63, 3.8) is 0 Å². The third-order valence-corrected chi connectivity index (χ3v) is 2.49. The van der Waals surface area contributed by atoms with E-state index >= 15 is 0 Å². The quantitative estimate of drug-likeness (QED) is 0.680. The summed E-state index contributed by atoms with van der Waals surface area (Å²) in [5.74, 6) is 1.25. The molecule has 0 aliphatic carbocycles. The van der Waals surface area contributed by atoms with Crippen LogP contribution in [0, 0.1) is 0 Å². The summed E-state index contributed by atoms with van der Waals surface area (Å²) in [5.41, 5.74) is 0. The summed E-state index contributed by atoms with van der Waals surface area (Å²) in [4.78, 5) is 19.7. The lowest BCUT2D eigenvalue weighted by atomic mass is 10.1. The van der Waals surface area contributed by atoms with Crippen molar-refractivity contribution < 1.29 is 4.79 Å². The Morgan fingerprint density at radius 3 is 3.19 bits per heavy atom. The van der Waals surface area contributed by atoms with Crippen LogP contribution in [0.15, 0.2) is 12.3 Å². The smallest absolute Gasteiger partial charge is 0.242 e. The summed E-state index contributed by atoms with van der Waals surface area (Å²) in [5, 5.41) is 8.78. The SMILES string of the molecule is CNc1nccc(NC2CCCNC2=O)n1. The zero-order valence-electron chi connectivity index (χ0n) is 9.16. The van der Waals surface area contributed by atoms with E-state index in [1.807, 2.05) is 0 Å². The number of carbonyl (C=O) groups excluding carboxylic acids is 1. The lowest BCUT2D eigenvalue weighted by Gasteiger charge is -2.23. The third-order valence-electron chi connectivity index (χ3n) is 2.49. The molecule has 2 rings (SSSR count). The van der Waals surface area contributed by atoms with E-state index in [4.69, 9.17) is 0 Å². The third kappa shape index (κ3) is 2.39. The first kappa shape index (κ1) is 10.7. The Labute approximate surface area is 93.9 Å². The predicted molar refractivity (Wildman–Crippen MR) is 61.2 cm³/mol. The van der Waals surface area contributed by atoms with E-state index in [-0.39, 0.29) is 11.9 Å². The van der Waals surface area contributed by atoms with Gasteiger partial charge in [-0.05, 0) is 18.9 Å². The number of anilines is 2. The summed E-state index contributed by atoms with van der Waals surface area (Å²) in [6.45, 7) is 0.766. The maximum absolute atomic E-state index is 11.5. The van der Waals surface area contributed by atoms with Gasteiger partial charge in [-0.1, -0.05) is 0 Å². The zero-order chi connectivity index (χ0) is 11.4. The summed E-state index contributed by atoms with van der Waals surface area (Å²) in [6, 6.07) is 1.57. The van der Waals surface area contributed by atoms with E-state index in [2.05, 4.69) is 25.9 Å². The molecule has 1 aromatic rings. The minimum atomic E-state index is -0.187. The molecule has 1 aliphatic rings.